The first-order valence-electron chi connectivity index (χ1n) is 2.20. The van der Waals surface area contributed by atoms with E-state index >= 15 is 0 Å². The molecule has 1 heteroatoms. The van der Waals surface area contributed by atoms with E-state index in [1.54, 1.807) is 0 Å². The van der Waals surface area contributed by atoms with Crippen LogP contribution in [0.4, 0.5) is 0 Å². The predicted octanol–water partition coefficient (Wildman–Crippen LogP) is 0.736. The molecule has 0 radical (unpaired) electrons. The van der Waals surface area contributed by atoms with Gasteiger partial charge in [-0.1, -0.05) is 0 Å². The minimum atomic E-state index is 0.306. The number of hydrogen-bond donors (Lipinski definition) is 0. The van der Waals surface area contributed by atoms with E-state index in [-0.39, 0.29) is 0 Å². The van der Waals surface area contributed by atoms with Crippen LogP contribution in [0.15, 0.2) is 0 Å². The van der Waals surface area contributed by atoms with Gasteiger partial charge in [0.05, 0.1) is 0 Å². The van der Waals surface area contributed by atoms with Gasteiger partial charge in [0.2, 0.25) is 0 Å². The van der Waals surface area contributed by atoms with Crippen molar-refractivity contribution in [1.29, 1.82) is 0 Å². The van der Waals surface area contributed by atoms with Crippen molar-refractivity contribution in [2.24, 2.45) is 5.41 Å². The van der Waals surface area contributed by atoms with Gasteiger partial charge in [0.25, 0.3) is 0 Å². The standard InChI is InChI=1S/C5H11B/c1-5(2,3)4-6/h4,6H,1-3H3. The second-order valence-corrected chi connectivity index (χ2v) is 2.57. The SMILES string of the molecule is B=CC(C)(C)C. The molecule has 0 aliphatic carbocycles. The molecular formula is C5H11B. The molecule has 0 aliphatic rings. The summed E-state index contributed by atoms with van der Waals surface area (Å²) in [5.41, 5.74) is 0.306. The molecule has 0 fully saturated rings. The molecule has 0 saturated carbocycles. The van der Waals surface area contributed by atoms with Crippen LogP contribution in [-0.4, -0.2) is 13.5 Å². The van der Waals surface area contributed by atoms with Gasteiger partial charge in [-0.25, -0.2) is 0 Å². The molecule has 6 heavy (non-hydrogen) atoms. The maximum atomic E-state index is 3.63. The van der Waals surface area contributed by atoms with Crippen molar-refractivity contribution in [3.63, 3.8) is 0 Å². The Hall–Kier alpha value is -0.0651. The van der Waals surface area contributed by atoms with Crippen molar-refractivity contribution in [2.75, 3.05) is 0 Å². The number of rotatable bonds is 0. The third-order valence-corrected chi connectivity index (χ3v) is 0.612. The maximum absolute atomic E-state index is 3.63. The van der Waals surface area contributed by atoms with E-state index in [1.807, 2.05) is 5.97 Å². The molecule has 0 amide bonds. The molecule has 0 aromatic carbocycles. The number of hydrogen-bond acceptors (Lipinski definition) is 0. The normalized spacial score (nSPS) is 11.0. The van der Waals surface area contributed by atoms with Gasteiger partial charge < -0.3 is 0 Å². The van der Waals surface area contributed by atoms with Crippen molar-refractivity contribution < 1.29 is 0 Å². The molecule has 0 heterocycles. The van der Waals surface area contributed by atoms with Crippen LogP contribution in [0.3, 0.4) is 0 Å². The van der Waals surface area contributed by atoms with Crippen LogP contribution >= 0.6 is 0 Å². The molecule has 0 spiro atoms. The van der Waals surface area contributed by atoms with E-state index in [0.717, 1.165) is 0 Å². The van der Waals surface area contributed by atoms with Crippen LogP contribution in [0.2, 0.25) is 0 Å². The second kappa shape index (κ2) is 1.59. The van der Waals surface area contributed by atoms with Gasteiger partial charge in [0, 0.05) is 0 Å². The first kappa shape index (κ1) is 5.93. The zero-order valence-electron chi connectivity index (χ0n) is 4.78. The Balaban J connectivity index is 3.45. The van der Waals surface area contributed by atoms with Gasteiger partial charge in [-0.15, -0.1) is 0 Å². The molecule has 0 aromatic heterocycles. The zero-order chi connectivity index (χ0) is 5.21. The van der Waals surface area contributed by atoms with Crippen molar-refractivity contribution in [2.45, 2.75) is 20.8 Å². The van der Waals surface area contributed by atoms with Crippen molar-refractivity contribution >= 4 is 13.5 Å². The molecule has 0 aromatic rings. The van der Waals surface area contributed by atoms with Gasteiger partial charge in [0.1, 0.15) is 0 Å². The first-order chi connectivity index (χ1) is 2.56. The van der Waals surface area contributed by atoms with Gasteiger partial charge in [0.15, 0.2) is 0 Å². The van der Waals surface area contributed by atoms with E-state index in [4.69, 9.17) is 0 Å². The van der Waals surface area contributed by atoms with E-state index < -0.39 is 0 Å². The van der Waals surface area contributed by atoms with Gasteiger partial charge in [-0.05, 0) is 0 Å². The molecule has 0 saturated heterocycles. The summed E-state index contributed by atoms with van der Waals surface area (Å²) < 4.78 is 0. The summed E-state index contributed by atoms with van der Waals surface area (Å²) in [6.07, 6.45) is 0. The summed E-state index contributed by atoms with van der Waals surface area (Å²) in [6, 6.07) is 0. The van der Waals surface area contributed by atoms with E-state index in [0.29, 0.717) is 5.41 Å². The fourth-order valence-corrected chi connectivity index (χ4v) is 0. The molecule has 0 aliphatic heterocycles. The minimum absolute atomic E-state index is 0.306. The average Bonchev–Trinajstić information content (AvgIpc) is 1.35. The van der Waals surface area contributed by atoms with Gasteiger partial charge in [-0.3, -0.25) is 0 Å². The average molecular weight is 82.0 g/mol. The molecule has 0 rings (SSSR count). The monoisotopic (exact) mass is 82.1 g/mol. The third kappa shape index (κ3) is 3.93. The fourth-order valence-electron chi connectivity index (χ4n) is 0. The first-order valence-corrected chi connectivity index (χ1v) is 2.20. The predicted molar refractivity (Wildman–Crippen MR) is 32.7 cm³/mol. The van der Waals surface area contributed by atoms with E-state index in [2.05, 4.69) is 28.3 Å². The van der Waals surface area contributed by atoms with Crippen LogP contribution in [0.5, 0.6) is 0 Å². The molecule has 0 atom stereocenters. The summed E-state index contributed by atoms with van der Waals surface area (Å²) in [4.78, 5) is 0. The molecule has 34 valence electrons. The summed E-state index contributed by atoms with van der Waals surface area (Å²) in [5, 5.41) is 0. The Labute approximate surface area is 40.6 Å². The van der Waals surface area contributed by atoms with E-state index in [9.17, 15) is 0 Å². The molecule has 0 unspecified atom stereocenters. The summed E-state index contributed by atoms with van der Waals surface area (Å²) in [5.74, 6) is 1.94. The van der Waals surface area contributed by atoms with Crippen LogP contribution < -0.4 is 0 Å². The van der Waals surface area contributed by atoms with Gasteiger partial charge >= 0.3 is 39.6 Å². The van der Waals surface area contributed by atoms with Crippen molar-refractivity contribution in [1.82, 2.24) is 0 Å². The van der Waals surface area contributed by atoms with Crippen molar-refractivity contribution in [3.05, 3.63) is 0 Å². The Morgan fingerprint density at radius 1 is 1.33 bits per heavy atom. The van der Waals surface area contributed by atoms with Crippen LogP contribution in [0.25, 0.3) is 0 Å². The molecule has 0 nitrogen and oxygen atoms in total. The quantitative estimate of drug-likeness (QED) is 0.378. The fraction of sp³-hybridized carbons (Fsp3) is 0.800. The summed E-state index contributed by atoms with van der Waals surface area (Å²) in [6.45, 7) is 6.38. The van der Waals surface area contributed by atoms with Gasteiger partial charge in [-0.2, -0.15) is 0 Å². The van der Waals surface area contributed by atoms with Crippen molar-refractivity contribution in [3.8, 4) is 0 Å². The topological polar surface area (TPSA) is 0 Å². The Kier molecular flexibility index (Phi) is 1.57. The van der Waals surface area contributed by atoms with E-state index in [1.165, 1.54) is 0 Å². The molecule has 0 N–H and O–H groups in total. The van der Waals surface area contributed by atoms with Crippen LogP contribution in [-0.2, 0) is 0 Å². The summed E-state index contributed by atoms with van der Waals surface area (Å²) in [7, 11) is 3.63. The molecular weight excluding hydrogens is 70.9 g/mol. The Bertz CT molecular complexity index is 49.4. The third-order valence-electron chi connectivity index (χ3n) is 0.612. The Morgan fingerprint density at radius 2 is 1.50 bits per heavy atom. The Morgan fingerprint density at radius 3 is 1.50 bits per heavy atom. The van der Waals surface area contributed by atoms with Crippen LogP contribution in [0, 0.1) is 5.41 Å². The van der Waals surface area contributed by atoms with Crippen LogP contribution in [0.1, 0.15) is 20.8 Å². The zero-order valence-corrected chi connectivity index (χ0v) is 4.78. The second-order valence-electron chi connectivity index (χ2n) is 2.57. The molecule has 0 bridgehead atoms. The summed E-state index contributed by atoms with van der Waals surface area (Å²) >= 11 is 0.